The fourth-order valence-corrected chi connectivity index (χ4v) is 4.63. The second-order valence-electron chi connectivity index (χ2n) is 6.76. The minimum absolute atomic E-state index is 0.208. The molecule has 28 heavy (non-hydrogen) atoms. The Balaban J connectivity index is 2.12. The van der Waals surface area contributed by atoms with Crippen LogP contribution in [0.1, 0.15) is 36.6 Å². The lowest BCUT2D eigenvalue weighted by Crippen LogP contribution is -2.41. The molecular formula is C21H28N2O4S. The fourth-order valence-electron chi connectivity index (χ4n) is 2.91. The van der Waals surface area contributed by atoms with Crippen LogP contribution in [0.2, 0.25) is 0 Å². The van der Waals surface area contributed by atoms with Crippen molar-refractivity contribution in [2.45, 2.75) is 38.6 Å². The number of benzene rings is 2. The molecule has 0 saturated carbocycles. The van der Waals surface area contributed by atoms with E-state index in [0.29, 0.717) is 5.56 Å². The normalized spacial score (nSPS) is 12.6. The molecule has 7 heteroatoms. The first-order chi connectivity index (χ1) is 13.2. The van der Waals surface area contributed by atoms with Gasteiger partial charge in [0, 0.05) is 6.54 Å². The quantitative estimate of drug-likeness (QED) is 0.733. The zero-order valence-corrected chi connectivity index (χ0v) is 17.8. The molecule has 6 nitrogen and oxygen atoms in total. The minimum atomic E-state index is -3.75. The number of methoxy groups -OCH3 is 1. The van der Waals surface area contributed by atoms with E-state index in [4.69, 9.17) is 4.74 Å². The van der Waals surface area contributed by atoms with Crippen LogP contribution in [-0.2, 0) is 14.8 Å². The van der Waals surface area contributed by atoms with Crippen molar-refractivity contribution in [2.75, 3.05) is 20.2 Å². The number of ether oxygens (including phenoxy) is 1. The molecule has 0 aliphatic carbocycles. The molecule has 0 bridgehead atoms. The number of aryl methyl sites for hydroxylation is 2. The van der Waals surface area contributed by atoms with E-state index in [0.717, 1.165) is 16.9 Å². The van der Waals surface area contributed by atoms with E-state index in [1.165, 1.54) is 4.31 Å². The Morgan fingerprint density at radius 2 is 1.79 bits per heavy atom. The summed E-state index contributed by atoms with van der Waals surface area (Å²) in [5.74, 6) is 0.387. The molecule has 2 aromatic rings. The smallest absolute Gasteiger partial charge is 0.243 e. The first-order valence-electron chi connectivity index (χ1n) is 9.19. The predicted molar refractivity (Wildman–Crippen MR) is 110 cm³/mol. The van der Waals surface area contributed by atoms with Crippen LogP contribution in [-0.4, -0.2) is 38.8 Å². The summed E-state index contributed by atoms with van der Waals surface area (Å²) < 4.78 is 32.4. The minimum Gasteiger partial charge on any atom is -0.497 e. The van der Waals surface area contributed by atoms with Gasteiger partial charge in [-0.3, -0.25) is 4.79 Å². The lowest BCUT2D eigenvalue weighted by molar-refractivity contribution is -0.121. The molecule has 2 aromatic carbocycles. The summed E-state index contributed by atoms with van der Waals surface area (Å²) in [6.45, 7) is 7.16. The van der Waals surface area contributed by atoms with Crippen molar-refractivity contribution in [3.63, 3.8) is 0 Å². The lowest BCUT2D eigenvalue weighted by atomic mass is 10.1. The number of carbonyl (C=O) groups excluding carboxylic acids is 1. The van der Waals surface area contributed by atoms with Gasteiger partial charge in [0.05, 0.1) is 24.6 Å². The van der Waals surface area contributed by atoms with Gasteiger partial charge < -0.3 is 10.1 Å². The third-order valence-corrected chi connectivity index (χ3v) is 6.69. The van der Waals surface area contributed by atoms with Crippen LogP contribution in [0.5, 0.6) is 5.75 Å². The van der Waals surface area contributed by atoms with Gasteiger partial charge in [-0.15, -0.1) is 0 Å². The number of amides is 1. The third-order valence-electron chi connectivity index (χ3n) is 4.63. The van der Waals surface area contributed by atoms with Crippen LogP contribution in [0.3, 0.4) is 0 Å². The topological polar surface area (TPSA) is 75.7 Å². The number of hydrogen-bond acceptors (Lipinski definition) is 4. The Morgan fingerprint density at radius 3 is 2.36 bits per heavy atom. The first kappa shape index (κ1) is 21.9. The van der Waals surface area contributed by atoms with Gasteiger partial charge in [-0.2, -0.15) is 4.31 Å². The molecule has 0 fully saturated rings. The highest BCUT2D eigenvalue weighted by atomic mass is 32.2. The summed E-state index contributed by atoms with van der Waals surface area (Å²) in [4.78, 5) is 12.7. The Hall–Kier alpha value is -2.38. The van der Waals surface area contributed by atoms with Crippen molar-refractivity contribution in [1.29, 1.82) is 0 Å². The second kappa shape index (κ2) is 9.21. The van der Waals surface area contributed by atoms with Crippen molar-refractivity contribution >= 4 is 15.9 Å². The van der Waals surface area contributed by atoms with Crippen LogP contribution >= 0.6 is 0 Å². The van der Waals surface area contributed by atoms with Gasteiger partial charge in [0.15, 0.2) is 0 Å². The molecular weight excluding hydrogens is 376 g/mol. The molecule has 0 spiro atoms. The molecule has 0 aliphatic heterocycles. The summed E-state index contributed by atoms with van der Waals surface area (Å²) in [6, 6.07) is 12.4. The Morgan fingerprint density at radius 1 is 1.14 bits per heavy atom. The zero-order chi connectivity index (χ0) is 20.9. The van der Waals surface area contributed by atoms with E-state index < -0.39 is 10.0 Å². The van der Waals surface area contributed by atoms with E-state index in [2.05, 4.69) is 5.32 Å². The molecule has 2 rings (SSSR count). The van der Waals surface area contributed by atoms with Crippen LogP contribution < -0.4 is 10.1 Å². The van der Waals surface area contributed by atoms with Crippen molar-refractivity contribution in [3.05, 3.63) is 59.2 Å². The van der Waals surface area contributed by atoms with Crippen molar-refractivity contribution in [2.24, 2.45) is 0 Å². The maximum atomic E-state index is 13.0. The summed E-state index contributed by atoms with van der Waals surface area (Å²) in [5.41, 5.74) is 2.43. The molecule has 0 aromatic heterocycles. The van der Waals surface area contributed by atoms with Gasteiger partial charge in [-0.25, -0.2) is 8.42 Å². The number of sulfonamides is 1. The highest BCUT2D eigenvalue weighted by Crippen LogP contribution is 2.21. The SMILES string of the molecule is CCN(CC(=O)NC(C)c1ccc(OC)cc1)S(=O)(=O)c1cc(C)ccc1C. The summed E-state index contributed by atoms with van der Waals surface area (Å²) in [5, 5.41) is 2.86. The van der Waals surface area contributed by atoms with Gasteiger partial charge >= 0.3 is 0 Å². The number of carbonyl (C=O) groups is 1. The third kappa shape index (κ3) is 5.11. The number of nitrogens with zero attached hydrogens (tertiary/aromatic N) is 1. The van der Waals surface area contributed by atoms with Crippen LogP contribution in [0, 0.1) is 13.8 Å². The molecule has 152 valence electrons. The van der Waals surface area contributed by atoms with Crippen LogP contribution in [0.4, 0.5) is 0 Å². The van der Waals surface area contributed by atoms with Gasteiger partial charge in [-0.1, -0.05) is 31.2 Å². The lowest BCUT2D eigenvalue weighted by Gasteiger charge is -2.23. The zero-order valence-electron chi connectivity index (χ0n) is 17.0. The molecule has 1 amide bonds. The van der Waals surface area contributed by atoms with Gasteiger partial charge in [0.2, 0.25) is 15.9 Å². The first-order valence-corrected chi connectivity index (χ1v) is 10.6. The van der Waals surface area contributed by atoms with E-state index in [9.17, 15) is 13.2 Å². The average molecular weight is 405 g/mol. The van der Waals surface area contributed by atoms with Crippen molar-refractivity contribution in [1.82, 2.24) is 9.62 Å². The Bertz CT molecular complexity index is 924. The maximum absolute atomic E-state index is 13.0. The highest BCUT2D eigenvalue weighted by Gasteiger charge is 2.27. The summed E-state index contributed by atoms with van der Waals surface area (Å²) >= 11 is 0. The molecule has 1 atom stereocenters. The summed E-state index contributed by atoms with van der Waals surface area (Å²) in [6.07, 6.45) is 0. The monoisotopic (exact) mass is 404 g/mol. The standard InChI is InChI=1S/C21H28N2O4S/c1-6-23(28(25,26)20-13-15(2)7-8-16(20)3)14-21(24)22-17(4)18-9-11-19(27-5)12-10-18/h7-13,17H,6,14H2,1-5H3,(H,22,24). The van der Waals surface area contributed by atoms with E-state index in [1.807, 2.05) is 44.2 Å². The van der Waals surface area contributed by atoms with Crippen molar-refractivity contribution < 1.29 is 17.9 Å². The largest absolute Gasteiger partial charge is 0.497 e. The van der Waals surface area contributed by atoms with Gasteiger partial charge in [0.1, 0.15) is 5.75 Å². The predicted octanol–water partition coefficient (Wildman–Crippen LogP) is 3.20. The average Bonchev–Trinajstić information content (AvgIpc) is 2.67. The Labute approximate surface area is 167 Å². The maximum Gasteiger partial charge on any atom is 0.243 e. The molecule has 1 N–H and O–H groups in total. The van der Waals surface area contributed by atoms with Gasteiger partial charge in [-0.05, 0) is 55.7 Å². The van der Waals surface area contributed by atoms with Crippen molar-refractivity contribution in [3.8, 4) is 5.75 Å². The van der Waals surface area contributed by atoms with E-state index >= 15 is 0 Å². The summed E-state index contributed by atoms with van der Waals surface area (Å²) in [7, 11) is -2.16. The Kier molecular flexibility index (Phi) is 7.21. The highest BCUT2D eigenvalue weighted by molar-refractivity contribution is 7.89. The molecule has 0 heterocycles. The van der Waals surface area contributed by atoms with E-state index in [1.54, 1.807) is 33.1 Å². The van der Waals surface area contributed by atoms with E-state index in [-0.39, 0.29) is 29.9 Å². The number of hydrogen-bond donors (Lipinski definition) is 1. The molecule has 0 aliphatic rings. The second-order valence-corrected chi connectivity index (χ2v) is 8.67. The van der Waals surface area contributed by atoms with Crippen LogP contribution in [0.25, 0.3) is 0 Å². The fraction of sp³-hybridized carbons (Fsp3) is 0.381. The molecule has 1 unspecified atom stereocenters. The number of rotatable bonds is 8. The van der Waals surface area contributed by atoms with Crippen LogP contribution in [0.15, 0.2) is 47.4 Å². The molecule has 0 radical (unpaired) electrons. The molecule has 0 saturated heterocycles. The van der Waals surface area contributed by atoms with Gasteiger partial charge in [0.25, 0.3) is 0 Å². The number of nitrogens with one attached hydrogen (secondary N) is 1. The number of likely N-dealkylation sites (N-methyl/N-ethyl adjacent to an activating group) is 1.